The van der Waals surface area contributed by atoms with E-state index in [2.05, 4.69) is 14.5 Å². The highest BCUT2D eigenvalue weighted by Gasteiger charge is 2.18. The first kappa shape index (κ1) is 11.3. The van der Waals surface area contributed by atoms with Gasteiger partial charge in [-0.05, 0) is 12.1 Å². The first-order valence-electron chi connectivity index (χ1n) is 3.74. The van der Waals surface area contributed by atoms with E-state index in [4.69, 9.17) is 0 Å². The Hall–Kier alpha value is -1.79. The third-order valence-corrected chi connectivity index (χ3v) is 1.43. The zero-order valence-electron chi connectivity index (χ0n) is 7.54. The van der Waals surface area contributed by atoms with Gasteiger partial charge < -0.3 is 9.47 Å². The summed E-state index contributed by atoms with van der Waals surface area (Å²) in [7, 11) is 1.05. The summed E-state index contributed by atoms with van der Waals surface area (Å²) in [5.41, 5.74) is -0.362. The summed E-state index contributed by atoms with van der Waals surface area (Å²) >= 11 is 0. The number of hydrogen-bond donors (Lipinski definition) is 0. The highest BCUT2D eigenvalue weighted by molar-refractivity contribution is 5.91. The van der Waals surface area contributed by atoms with Gasteiger partial charge in [-0.2, -0.15) is 18.2 Å². The molecule has 0 amide bonds. The Morgan fingerprint density at radius 1 is 1.47 bits per heavy atom. The SMILES string of the molecule is COC(=O)c1ccc(F)nc1OC(F)F. The second-order valence-electron chi connectivity index (χ2n) is 2.36. The van der Waals surface area contributed by atoms with Crippen LogP contribution in [0.5, 0.6) is 5.88 Å². The topological polar surface area (TPSA) is 48.4 Å². The Morgan fingerprint density at radius 3 is 2.67 bits per heavy atom. The number of rotatable bonds is 3. The number of carbonyl (C=O) groups excluding carboxylic acids is 1. The predicted octanol–water partition coefficient (Wildman–Crippen LogP) is 1.61. The summed E-state index contributed by atoms with van der Waals surface area (Å²) in [6, 6.07) is 1.79. The Morgan fingerprint density at radius 2 is 2.13 bits per heavy atom. The normalized spacial score (nSPS) is 10.2. The van der Waals surface area contributed by atoms with E-state index < -0.39 is 24.4 Å². The maximum atomic E-state index is 12.6. The highest BCUT2D eigenvalue weighted by atomic mass is 19.3. The van der Waals surface area contributed by atoms with Crippen molar-refractivity contribution >= 4 is 5.97 Å². The van der Waals surface area contributed by atoms with Crippen molar-refractivity contribution < 1.29 is 27.4 Å². The molecule has 0 fully saturated rings. The zero-order chi connectivity index (χ0) is 11.4. The number of nitrogens with zero attached hydrogens (tertiary/aromatic N) is 1. The van der Waals surface area contributed by atoms with Crippen LogP contribution in [0.2, 0.25) is 0 Å². The van der Waals surface area contributed by atoms with E-state index in [1.807, 2.05) is 0 Å². The largest absolute Gasteiger partial charge is 0.465 e. The molecule has 0 radical (unpaired) electrons. The van der Waals surface area contributed by atoms with E-state index in [-0.39, 0.29) is 5.56 Å². The summed E-state index contributed by atoms with van der Waals surface area (Å²) in [5, 5.41) is 0. The molecule has 0 aromatic carbocycles. The predicted molar refractivity (Wildman–Crippen MR) is 42.2 cm³/mol. The molecule has 0 bridgehead atoms. The molecule has 0 saturated heterocycles. The van der Waals surface area contributed by atoms with Gasteiger partial charge in [0.2, 0.25) is 11.8 Å². The third kappa shape index (κ3) is 2.83. The number of hydrogen-bond acceptors (Lipinski definition) is 4. The zero-order valence-corrected chi connectivity index (χ0v) is 7.54. The van der Waals surface area contributed by atoms with Crippen molar-refractivity contribution in [1.82, 2.24) is 4.98 Å². The molecule has 82 valence electrons. The fraction of sp³-hybridized carbons (Fsp3) is 0.250. The van der Waals surface area contributed by atoms with Gasteiger partial charge in [0, 0.05) is 0 Å². The molecule has 1 aromatic heterocycles. The minimum absolute atomic E-state index is 0.362. The van der Waals surface area contributed by atoms with Gasteiger partial charge in [-0.3, -0.25) is 0 Å². The van der Waals surface area contributed by atoms with Crippen LogP contribution in [0, 0.1) is 5.95 Å². The van der Waals surface area contributed by atoms with Gasteiger partial charge in [-0.15, -0.1) is 0 Å². The molecule has 1 rings (SSSR count). The lowest BCUT2D eigenvalue weighted by atomic mass is 10.3. The van der Waals surface area contributed by atoms with E-state index in [1.165, 1.54) is 0 Å². The standard InChI is InChI=1S/C8H6F3NO3/c1-14-7(13)4-2-3-5(9)12-6(4)15-8(10)11/h2-3,8H,1H3. The smallest absolute Gasteiger partial charge is 0.388 e. The summed E-state index contributed by atoms with van der Waals surface area (Å²) in [5.74, 6) is -2.76. The van der Waals surface area contributed by atoms with Gasteiger partial charge in [0.05, 0.1) is 7.11 Å². The molecule has 1 heterocycles. The van der Waals surface area contributed by atoms with Crippen molar-refractivity contribution in [1.29, 1.82) is 0 Å². The monoisotopic (exact) mass is 221 g/mol. The van der Waals surface area contributed by atoms with Crippen LogP contribution >= 0.6 is 0 Å². The van der Waals surface area contributed by atoms with Gasteiger partial charge in [0.15, 0.2) is 0 Å². The fourth-order valence-corrected chi connectivity index (χ4v) is 0.857. The minimum atomic E-state index is -3.19. The second-order valence-corrected chi connectivity index (χ2v) is 2.36. The Labute approximate surface area is 82.6 Å². The summed E-state index contributed by atoms with van der Waals surface area (Å²) in [6.45, 7) is -3.19. The number of halogens is 3. The molecule has 0 unspecified atom stereocenters. The van der Waals surface area contributed by atoms with E-state index >= 15 is 0 Å². The number of ether oxygens (including phenoxy) is 2. The molecule has 0 aliphatic carbocycles. The van der Waals surface area contributed by atoms with E-state index in [0.29, 0.717) is 0 Å². The maximum Gasteiger partial charge on any atom is 0.388 e. The highest BCUT2D eigenvalue weighted by Crippen LogP contribution is 2.18. The first-order chi connectivity index (χ1) is 7.04. The van der Waals surface area contributed by atoms with Crippen molar-refractivity contribution in [3.8, 4) is 5.88 Å². The summed E-state index contributed by atoms with van der Waals surface area (Å²) in [4.78, 5) is 14.0. The molecule has 0 saturated carbocycles. The molecule has 0 spiro atoms. The molecule has 0 aliphatic heterocycles. The summed E-state index contributed by atoms with van der Waals surface area (Å²) in [6.07, 6.45) is 0. The fourth-order valence-electron chi connectivity index (χ4n) is 0.857. The maximum absolute atomic E-state index is 12.6. The number of carbonyl (C=O) groups is 1. The number of pyridine rings is 1. The van der Waals surface area contributed by atoms with Gasteiger partial charge in [-0.25, -0.2) is 4.79 Å². The molecule has 4 nitrogen and oxygen atoms in total. The summed E-state index contributed by atoms with van der Waals surface area (Å²) < 4.78 is 44.4. The number of alkyl halides is 2. The number of methoxy groups -OCH3 is 1. The van der Waals surface area contributed by atoms with Crippen LogP contribution in [0.4, 0.5) is 13.2 Å². The van der Waals surface area contributed by atoms with E-state index in [1.54, 1.807) is 0 Å². The molecule has 0 atom stereocenters. The Kier molecular flexibility index (Phi) is 3.48. The van der Waals surface area contributed by atoms with Crippen molar-refractivity contribution in [3.05, 3.63) is 23.6 Å². The van der Waals surface area contributed by atoms with Gasteiger partial charge in [0.1, 0.15) is 5.56 Å². The van der Waals surface area contributed by atoms with Crippen molar-refractivity contribution in [2.24, 2.45) is 0 Å². The number of aromatic nitrogens is 1. The van der Waals surface area contributed by atoms with Crippen LogP contribution in [0.3, 0.4) is 0 Å². The van der Waals surface area contributed by atoms with Crippen LogP contribution in [0.15, 0.2) is 12.1 Å². The van der Waals surface area contributed by atoms with Crippen LogP contribution in [-0.2, 0) is 4.74 Å². The van der Waals surface area contributed by atoms with Crippen molar-refractivity contribution in [2.75, 3.05) is 7.11 Å². The average Bonchev–Trinajstić information content (AvgIpc) is 2.16. The first-order valence-corrected chi connectivity index (χ1v) is 3.74. The molecular formula is C8H6F3NO3. The van der Waals surface area contributed by atoms with Crippen LogP contribution in [-0.4, -0.2) is 24.7 Å². The molecular weight excluding hydrogens is 215 g/mol. The van der Waals surface area contributed by atoms with E-state index in [0.717, 1.165) is 19.2 Å². The lowest BCUT2D eigenvalue weighted by Gasteiger charge is -2.07. The Bertz CT molecular complexity index is 370. The van der Waals surface area contributed by atoms with Crippen LogP contribution in [0.1, 0.15) is 10.4 Å². The number of esters is 1. The van der Waals surface area contributed by atoms with Gasteiger partial charge >= 0.3 is 12.6 Å². The van der Waals surface area contributed by atoms with Crippen LogP contribution in [0.25, 0.3) is 0 Å². The van der Waals surface area contributed by atoms with E-state index in [9.17, 15) is 18.0 Å². The second kappa shape index (κ2) is 4.63. The lowest BCUT2D eigenvalue weighted by Crippen LogP contribution is -2.11. The molecule has 7 heteroatoms. The molecule has 15 heavy (non-hydrogen) atoms. The molecule has 0 aliphatic rings. The van der Waals surface area contributed by atoms with Crippen molar-refractivity contribution in [2.45, 2.75) is 6.61 Å². The van der Waals surface area contributed by atoms with Crippen molar-refractivity contribution in [3.63, 3.8) is 0 Å². The molecule has 0 N–H and O–H groups in total. The molecule has 1 aromatic rings. The minimum Gasteiger partial charge on any atom is -0.465 e. The van der Waals surface area contributed by atoms with Gasteiger partial charge in [-0.1, -0.05) is 0 Å². The van der Waals surface area contributed by atoms with Gasteiger partial charge in [0.25, 0.3) is 0 Å². The Balaban J connectivity index is 3.08. The lowest BCUT2D eigenvalue weighted by molar-refractivity contribution is -0.0538. The van der Waals surface area contributed by atoms with Crippen LogP contribution < -0.4 is 4.74 Å². The quantitative estimate of drug-likeness (QED) is 0.574. The third-order valence-electron chi connectivity index (χ3n) is 1.43. The average molecular weight is 221 g/mol.